The van der Waals surface area contributed by atoms with Gasteiger partial charge in [-0.1, -0.05) is 0 Å². The largest absolute Gasteiger partial charge is 0.480 e. The number of aromatic nitrogens is 2. The molecule has 0 aliphatic heterocycles. The Balaban J connectivity index is 2.95. The van der Waals surface area contributed by atoms with E-state index in [0.29, 0.717) is 0 Å². The zero-order chi connectivity index (χ0) is 12.3. The molecule has 90 valence electrons. The molecular weight excluding hydrogens is 227 g/mol. The molecule has 8 heteroatoms. The van der Waals surface area contributed by atoms with Crippen LogP contribution in [0.3, 0.4) is 0 Å². The molecule has 0 saturated heterocycles. The number of carbonyl (C=O) groups is 1. The first-order chi connectivity index (χ1) is 7.36. The van der Waals surface area contributed by atoms with E-state index in [0.717, 1.165) is 16.9 Å². The van der Waals surface area contributed by atoms with Crippen molar-refractivity contribution in [2.75, 3.05) is 6.54 Å². The lowest BCUT2D eigenvalue weighted by molar-refractivity contribution is -0.144. The van der Waals surface area contributed by atoms with E-state index in [1.54, 1.807) is 0 Å². The average molecular weight is 237 g/mol. The number of nitrogens with zero attached hydrogens (tertiary/aromatic N) is 2. The van der Waals surface area contributed by atoms with Crippen LogP contribution in [-0.4, -0.2) is 27.4 Å². The van der Waals surface area contributed by atoms with Crippen LogP contribution in [0.2, 0.25) is 0 Å². The van der Waals surface area contributed by atoms with E-state index >= 15 is 0 Å². The molecule has 1 aromatic heterocycles. The van der Waals surface area contributed by atoms with Gasteiger partial charge in [-0.25, -0.2) is 4.79 Å². The Morgan fingerprint density at radius 2 is 2.25 bits per heavy atom. The second-order valence-corrected chi connectivity index (χ2v) is 3.11. The number of halogens is 3. The fourth-order valence-corrected chi connectivity index (χ4v) is 1.19. The number of alkyl halides is 3. The normalized spacial score (nSPS) is 13.8. The number of aliphatic carboxylic acids is 1. The molecule has 0 spiro atoms. The van der Waals surface area contributed by atoms with Gasteiger partial charge in [0.05, 0.1) is 0 Å². The summed E-state index contributed by atoms with van der Waals surface area (Å²) in [6, 6.07) is -0.437. The van der Waals surface area contributed by atoms with Gasteiger partial charge in [0.25, 0.3) is 0 Å². The summed E-state index contributed by atoms with van der Waals surface area (Å²) in [7, 11) is 0. The van der Waals surface area contributed by atoms with Gasteiger partial charge in [-0.05, 0) is 19.0 Å². The minimum absolute atomic E-state index is 0.0221. The number of hydrogen-bond acceptors (Lipinski definition) is 3. The van der Waals surface area contributed by atoms with E-state index in [-0.39, 0.29) is 13.0 Å². The maximum absolute atomic E-state index is 12.2. The molecule has 1 atom stereocenters. The highest BCUT2D eigenvalue weighted by Crippen LogP contribution is 2.28. The Kier molecular flexibility index (Phi) is 3.53. The minimum Gasteiger partial charge on any atom is -0.480 e. The first-order valence-electron chi connectivity index (χ1n) is 4.41. The lowest BCUT2D eigenvalue weighted by atomic mass is 10.2. The molecule has 0 aromatic carbocycles. The zero-order valence-electron chi connectivity index (χ0n) is 8.11. The minimum atomic E-state index is -4.57. The molecule has 1 rings (SSSR count). The van der Waals surface area contributed by atoms with Gasteiger partial charge in [0, 0.05) is 6.20 Å². The summed E-state index contributed by atoms with van der Waals surface area (Å²) in [6.07, 6.45) is -3.57. The Bertz CT molecular complexity index is 375. The van der Waals surface area contributed by atoms with Crippen molar-refractivity contribution in [3.05, 3.63) is 18.0 Å². The van der Waals surface area contributed by atoms with E-state index in [1.165, 1.54) is 0 Å². The van der Waals surface area contributed by atoms with Crippen LogP contribution in [0.15, 0.2) is 12.3 Å². The number of hydrogen-bond donors (Lipinski definition) is 2. The number of rotatable bonds is 4. The Hall–Kier alpha value is -1.57. The monoisotopic (exact) mass is 237 g/mol. The smallest absolute Gasteiger partial charge is 0.435 e. The van der Waals surface area contributed by atoms with Gasteiger partial charge in [0.1, 0.15) is 0 Å². The molecule has 1 aromatic rings. The van der Waals surface area contributed by atoms with Crippen molar-refractivity contribution in [2.45, 2.75) is 18.6 Å². The molecule has 0 aliphatic carbocycles. The van der Waals surface area contributed by atoms with Crippen LogP contribution in [0.25, 0.3) is 0 Å². The molecule has 0 amide bonds. The predicted molar refractivity (Wildman–Crippen MR) is 47.6 cm³/mol. The van der Waals surface area contributed by atoms with Gasteiger partial charge in [0.2, 0.25) is 0 Å². The van der Waals surface area contributed by atoms with Crippen molar-refractivity contribution in [3.63, 3.8) is 0 Å². The van der Waals surface area contributed by atoms with Crippen molar-refractivity contribution in [1.82, 2.24) is 9.78 Å². The van der Waals surface area contributed by atoms with Crippen LogP contribution in [0.4, 0.5) is 13.2 Å². The van der Waals surface area contributed by atoms with Gasteiger partial charge in [0.15, 0.2) is 11.7 Å². The quantitative estimate of drug-likeness (QED) is 0.814. The summed E-state index contributed by atoms with van der Waals surface area (Å²) in [5.41, 5.74) is 4.06. The lowest BCUT2D eigenvalue weighted by Gasteiger charge is -2.11. The highest BCUT2D eigenvalue weighted by Gasteiger charge is 2.34. The molecule has 3 N–H and O–H groups in total. The molecular formula is C8H10F3N3O2. The zero-order valence-corrected chi connectivity index (χ0v) is 8.11. The third-order valence-electron chi connectivity index (χ3n) is 1.94. The first-order valence-corrected chi connectivity index (χ1v) is 4.41. The first kappa shape index (κ1) is 12.5. The molecule has 1 unspecified atom stereocenters. The molecule has 1 heterocycles. The fourth-order valence-electron chi connectivity index (χ4n) is 1.19. The van der Waals surface area contributed by atoms with Gasteiger partial charge < -0.3 is 10.8 Å². The topological polar surface area (TPSA) is 81.1 Å². The third kappa shape index (κ3) is 2.72. The summed E-state index contributed by atoms with van der Waals surface area (Å²) >= 11 is 0. The second-order valence-electron chi connectivity index (χ2n) is 3.11. The van der Waals surface area contributed by atoms with Gasteiger partial charge in [-0.2, -0.15) is 18.3 Å². The maximum Gasteiger partial charge on any atom is 0.435 e. The second kappa shape index (κ2) is 4.52. The van der Waals surface area contributed by atoms with Crippen LogP contribution in [0, 0.1) is 0 Å². The highest BCUT2D eigenvalue weighted by atomic mass is 19.4. The number of carboxylic acid groups (broad SMARTS) is 1. The highest BCUT2D eigenvalue weighted by molar-refractivity contribution is 5.71. The van der Waals surface area contributed by atoms with Crippen LogP contribution in [-0.2, 0) is 11.0 Å². The molecule has 16 heavy (non-hydrogen) atoms. The van der Waals surface area contributed by atoms with Crippen LogP contribution >= 0.6 is 0 Å². The Morgan fingerprint density at radius 1 is 1.62 bits per heavy atom. The molecule has 0 aliphatic rings. The van der Waals surface area contributed by atoms with Crippen molar-refractivity contribution in [3.8, 4) is 0 Å². The summed E-state index contributed by atoms with van der Waals surface area (Å²) in [5, 5.41) is 11.9. The molecule has 0 bridgehead atoms. The summed E-state index contributed by atoms with van der Waals surface area (Å²) < 4.78 is 37.4. The van der Waals surface area contributed by atoms with Gasteiger partial charge in [-0.15, -0.1) is 0 Å². The molecule has 0 saturated carbocycles. The Morgan fingerprint density at radius 3 is 2.62 bits per heavy atom. The standard InChI is InChI=1S/C8H10F3N3O2/c9-8(10,11)6-2-4-14(13-6)5(1-3-12)7(15)16/h2,4-5H,1,3,12H2,(H,15,16). The van der Waals surface area contributed by atoms with E-state index in [4.69, 9.17) is 10.8 Å². The molecule has 0 fully saturated rings. The fraction of sp³-hybridized carbons (Fsp3) is 0.500. The van der Waals surface area contributed by atoms with E-state index in [9.17, 15) is 18.0 Å². The van der Waals surface area contributed by atoms with E-state index in [2.05, 4.69) is 5.10 Å². The van der Waals surface area contributed by atoms with Crippen molar-refractivity contribution in [1.29, 1.82) is 0 Å². The van der Waals surface area contributed by atoms with Crippen molar-refractivity contribution < 1.29 is 23.1 Å². The Labute approximate surface area is 88.7 Å². The van der Waals surface area contributed by atoms with E-state index < -0.39 is 23.9 Å². The van der Waals surface area contributed by atoms with Crippen LogP contribution in [0.1, 0.15) is 18.2 Å². The molecule has 5 nitrogen and oxygen atoms in total. The van der Waals surface area contributed by atoms with Gasteiger partial charge in [-0.3, -0.25) is 4.68 Å². The SMILES string of the molecule is NCCC(C(=O)O)n1ccc(C(F)(F)F)n1. The lowest BCUT2D eigenvalue weighted by Crippen LogP contribution is -2.23. The van der Waals surface area contributed by atoms with E-state index in [1.807, 2.05) is 0 Å². The third-order valence-corrected chi connectivity index (χ3v) is 1.94. The van der Waals surface area contributed by atoms with Crippen molar-refractivity contribution in [2.24, 2.45) is 5.73 Å². The number of nitrogens with two attached hydrogens (primary N) is 1. The summed E-state index contributed by atoms with van der Waals surface area (Å²) in [5.74, 6) is -1.26. The predicted octanol–water partition coefficient (Wildman–Crippen LogP) is 0.876. The van der Waals surface area contributed by atoms with Gasteiger partial charge >= 0.3 is 12.1 Å². The average Bonchev–Trinajstić information content (AvgIpc) is 2.61. The van der Waals surface area contributed by atoms with Crippen molar-refractivity contribution >= 4 is 5.97 Å². The van der Waals surface area contributed by atoms with Crippen LogP contribution < -0.4 is 5.73 Å². The maximum atomic E-state index is 12.2. The van der Waals surface area contributed by atoms with Crippen LogP contribution in [0.5, 0.6) is 0 Å². The summed E-state index contributed by atoms with van der Waals surface area (Å²) in [6.45, 7) is 0.0537. The molecule has 0 radical (unpaired) electrons. The number of carboxylic acids is 1. The summed E-state index contributed by atoms with van der Waals surface area (Å²) in [4.78, 5) is 10.8.